The third-order valence-electron chi connectivity index (χ3n) is 3.13. The van der Waals surface area contributed by atoms with E-state index in [9.17, 15) is 5.11 Å². The third kappa shape index (κ3) is 2.81. The van der Waals surface area contributed by atoms with E-state index in [-0.39, 0.29) is 12.5 Å². The molecule has 0 unspecified atom stereocenters. The van der Waals surface area contributed by atoms with Gasteiger partial charge in [-0.25, -0.2) is 0 Å². The number of phenolic OH excluding ortho intramolecular Hbond substituents is 1. The van der Waals surface area contributed by atoms with Crippen molar-refractivity contribution in [1.29, 1.82) is 0 Å². The number of rotatable bonds is 4. The normalized spacial score (nSPS) is 12.7. The smallest absolute Gasteiger partial charge is 0.231 e. The molecule has 0 radical (unpaired) electrons. The Kier molecular flexibility index (Phi) is 3.67. The lowest BCUT2D eigenvalue weighted by molar-refractivity contribution is 0.174. The van der Waals surface area contributed by atoms with Crippen LogP contribution in [0.25, 0.3) is 0 Å². The van der Waals surface area contributed by atoms with Gasteiger partial charge in [0.1, 0.15) is 5.75 Å². The molecule has 2 aromatic rings. The molecule has 1 aliphatic heterocycles. The van der Waals surface area contributed by atoms with Gasteiger partial charge in [-0.15, -0.1) is 0 Å². The second kappa shape index (κ2) is 5.61. The molecule has 3 rings (SSSR count). The molecule has 104 valence electrons. The molecule has 0 amide bonds. The van der Waals surface area contributed by atoms with Crippen molar-refractivity contribution in [2.45, 2.75) is 13.1 Å². The van der Waals surface area contributed by atoms with Crippen molar-refractivity contribution < 1.29 is 14.6 Å². The monoisotopic (exact) mass is 291 g/mol. The van der Waals surface area contributed by atoms with E-state index >= 15 is 0 Å². The summed E-state index contributed by atoms with van der Waals surface area (Å²) in [7, 11) is 0. The molecule has 0 saturated carbocycles. The number of ether oxygens (including phenoxy) is 2. The van der Waals surface area contributed by atoms with Gasteiger partial charge in [0.25, 0.3) is 0 Å². The molecule has 0 aliphatic carbocycles. The molecule has 0 saturated heterocycles. The first-order valence-electron chi connectivity index (χ1n) is 6.29. The minimum atomic E-state index is 0.205. The van der Waals surface area contributed by atoms with Gasteiger partial charge in [-0.3, -0.25) is 0 Å². The topological polar surface area (TPSA) is 50.7 Å². The van der Waals surface area contributed by atoms with E-state index in [1.807, 2.05) is 24.3 Å². The fourth-order valence-electron chi connectivity index (χ4n) is 2.06. The highest BCUT2D eigenvalue weighted by Crippen LogP contribution is 2.37. The molecule has 0 spiro atoms. The third-order valence-corrected chi connectivity index (χ3v) is 3.38. The van der Waals surface area contributed by atoms with Crippen molar-refractivity contribution in [1.82, 2.24) is 5.32 Å². The van der Waals surface area contributed by atoms with E-state index in [4.69, 9.17) is 21.1 Å². The predicted molar refractivity (Wildman–Crippen MR) is 76.2 cm³/mol. The molecule has 2 aromatic carbocycles. The van der Waals surface area contributed by atoms with Crippen LogP contribution in [0.3, 0.4) is 0 Å². The first-order valence-corrected chi connectivity index (χ1v) is 6.67. The summed E-state index contributed by atoms with van der Waals surface area (Å²) in [6, 6.07) is 11.0. The minimum absolute atomic E-state index is 0.205. The largest absolute Gasteiger partial charge is 0.507 e. The van der Waals surface area contributed by atoms with Crippen molar-refractivity contribution in [3.8, 4) is 17.2 Å². The van der Waals surface area contributed by atoms with E-state index < -0.39 is 0 Å². The van der Waals surface area contributed by atoms with Gasteiger partial charge in [0.15, 0.2) is 11.5 Å². The molecule has 0 aromatic heterocycles. The molecule has 2 N–H and O–H groups in total. The van der Waals surface area contributed by atoms with Crippen LogP contribution in [0.4, 0.5) is 0 Å². The van der Waals surface area contributed by atoms with E-state index in [0.29, 0.717) is 24.6 Å². The summed E-state index contributed by atoms with van der Waals surface area (Å²) < 4.78 is 10.5. The summed E-state index contributed by atoms with van der Waals surface area (Å²) >= 11 is 5.84. The molecule has 0 atom stereocenters. The number of fused-ring (bicyclic) bond motifs is 1. The van der Waals surface area contributed by atoms with Crippen LogP contribution in [0, 0.1) is 0 Å². The van der Waals surface area contributed by atoms with Crippen LogP contribution >= 0.6 is 11.6 Å². The molecule has 5 heteroatoms. The van der Waals surface area contributed by atoms with Crippen LogP contribution in [0.2, 0.25) is 5.02 Å². The summed E-state index contributed by atoms with van der Waals surface area (Å²) in [5, 5.41) is 13.9. The van der Waals surface area contributed by atoms with Gasteiger partial charge in [0.05, 0.1) is 0 Å². The molecule has 1 heterocycles. The Bertz CT molecular complexity index is 613. The van der Waals surface area contributed by atoms with Gasteiger partial charge >= 0.3 is 0 Å². The van der Waals surface area contributed by atoms with Crippen LogP contribution in [-0.4, -0.2) is 11.9 Å². The Balaban J connectivity index is 1.62. The van der Waals surface area contributed by atoms with Gasteiger partial charge in [0, 0.05) is 29.7 Å². The standard InChI is InChI=1S/C15H14ClNO3/c16-12-3-1-10(2-4-12)7-17-8-11-5-14-15(6-13(11)18)20-9-19-14/h1-6,17-18H,7-9H2. The average Bonchev–Trinajstić information content (AvgIpc) is 2.88. The summed E-state index contributed by atoms with van der Waals surface area (Å²) in [6.45, 7) is 1.45. The number of phenols is 1. The van der Waals surface area contributed by atoms with Crippen LogP contribution < -0.4 is 14.8 Å². The highest BCUT2D eigenvalue weighted by Gasteiger charge is 2.16. The maximum atomic E-state index is 9.92. The average molecular weight is 292 g/mol. The summed E-state index contributed by atoms with van der Waals surface area (Å²) in [5.74, 6) is 1.47. The highest BCUT2D eigenvalue weighted by molar-refractivity contribution is 6.30. The number of aromatic hydroxyl groups is 1. The Morgan fingerprint density at radius 1 is 1.05 bits per heavy atom. The van der Waals surface area contributed by atoms with Gasteiger partial charge in [-0.1, -0.05) is 23.7 Å². The van der Waals surface area contributed by atoms with E-state index in [1.54, 1.807) is 12.1 Å². The molecule has 0 bridgehead atoms. The van der Waals surface area contributed by atoms with E-state index in [2.05, 4.69) is 5.32 Å². The van der Waals surface area contributed by atoms with Crippen LogP contribution in [0.5, 0.6) is 17.2 Å². The molecule has 0 fully saturated rings. The SMILES string of the molecule is Oc1cc2c(cc1CNCc1ccc(Cl)cc1)OCO2. The fraction of sp³-hybridized carbons (Fsp3) is 0.200. The zero-order valence-electron chi connectivity index (χ0n) is 10.7. The van der Waals surface area contributed by atoms with Crippen molar-refractivity contribution in [2.75, 3.05) is 6.79 Å². The van der Waals surface area contributed by atoms with Crippen molar-refractivity contribution in [3.05, 3.63) is 52.5 Å². The number of benzene rings is 2. The molecule has 20 heavy (non-hydrogen) atoms. The Morgan fingerprint density at radius 2 is 1.75 bits per heavy atom. The Morgan fingerprint density at radius 3 is 2.50 bits per heavy atom. The summed E-state index contributed by atoms with van der Waals surface area (Å²) in [6.07, 6.45) is 0. The summed E-state index contributed by atoms with van der Waals surface area (Å²) in [4.78, 5) is 0. The van der Waals surface area contributed by atoms with E-state index in [0.717, 1.165) is 16.1 Å². The maximum absolute atomic E-state index is 9.92. The summed E-state index contributed by atoms with van der Waals surface area (Å²) in [5.41, 5.74) is 1.91. The molecule has 1 aliphatic rings. The second-order valence-corrected chi connectivity index (χ2v) is 5.00. The van der Waals surface area contributed by atoms with Crippen molar-refractivity contribution in [2.24, 2.45) is 0 Å². The van der Waals surface area contributed by atoms with Crippen molar-refractivity contribution >= 4 is 11.6 Å². The maximum Gasteiger partial charge on any atom is 0.231 e. The predicted octanol–water partition coefficient (Wildman–Crippen LogP) is 3.06. The first-order chi connectivity index (χ1) is 9.72. The van der Waals surface area contributed by atoms with Gasteiger partial charge in [-0.05, 0) is 23.8 Å². The minimum Gasteiger partial charge on any atom is -0.507 e. The lowest BCUT2D eigenvalue weighted by Gasteiger charge is -2.08. The number of halogens is 1. The number of hydrogen-bond acceptors (Lipinski definition) is 4. The number of nitrogens with one attached hydrogen (secondary N) is 1. The fourth-order valence-corrected chi connectivity index (χ4v) is 2.18. The lowest BCUT2D eigenvalue weighted by Crippen LogP contribution is -2.12. The van der Waals surface area contributed by atoms with E-state index in [1.165, 1.54) is 0 Å². The van der Waals surface area contributed by atoms with Gasteiger partial charge in [-0.2, -0.15) is 0 Å². The second-order valence-electron chi connectivity index (χ2n) is 4.56. The number of hydrogen-bond donors (Lipinski definition) is 2. The van der Waals surface area contributed by atoms with Crippen LogP contribution in [0.15, 0.2) is 36.4 Å². The zero-order chi connectivity index (χ0) is 13.9. The van der Waals surface area contributed by atoms with Gasteiger partial charge in [0.2, 0.25) is 6.79 Å². The molecule has 4 nitrogen and oxygen atoms in total. The molecular formula is C15H14ClNO3. The lowest BCUT2D eigenvalue weighted by atomic mass is 10.1. The molecular weight excluding hydrogens is 278 g/mol. The highest BCUT2D eigenvalue weighted by atomic mass is 35.5. The van der Waals surface area contributed by atoms with Crippen molar-refractivity contribution in [3.63, 3.8) is 0 Å². The van der Waals surface area contributed by atoms with Crippen LogP contribution in [0.1, 0.15) is 11.1 Å². The van der Waals surface area contributed by atoms with Gasteiger partial charge < -0.3 is 19.9 Å². The quantitative estimate of drug-likeness (QED) is 0.909. The zero-order valence-corrected chi connectivity index (χ0v) is 11.5. The Labute approximate surface area is 121 Å². The Hall–Kier alpha value is -1.91. The first kappa shape index (κ1) is 13.1. The van der Waals surface area contributed by atoms with Crippen LogP contribution in [-0.2, 0) is 13.1 Å².